The van der Waals surface area contributed by atoms with Crippen LogP contribution in [0.3, 0.4) is 0 Å². The molecule has 0 unspecified atom stereocenters. The van der Waals surface area contributed by atoms with E-state index in [0.29, 0.717) is 5.92 Å². The average molecular weight is 319 g/mol. The molecule has 0 N–H and O–H groups in total. The van der Waals surface area contributed by atoms with Crippen molar-refractivity contribution in [2.75, 3.05) is 0 Å². The zero-order valence-electron chi connectivity index (χ0n) is 14.7. The number of hydrogen-bond donors (Lipinski definition) is 0. The Hall–Kier alpha value is -1.81. The molecule has 2 saturated carbocycles. The van der Waals surface area contributed by atoms with E-state index in [1.807, 2.05) is 18.2 Å². The molecule has 0 saturated heterocycles. The standard InChI is InChI=1S/C23H29N/c1-2-3-4-18-5-9-20(10-6-18)22-13-15-23(16-14-22)21-11-7-19(17-24)8-12-21/h2-4,7-8,11-12,18,20,22-23H,1,5-6,9-10,13-16H2/b4-3+. The van der Waals surface area contributed by atoms with Crippen LogP contribution in [0.2, 0.25) is 0 Å². The minimum atomic E-state index is 0.709. The summed E-state index contributed by atoms with van der Waals surface area (Å²) in [4.78, 5) is 0. The van der Waals surface area contributed by atoms with E-state index in [1.54, 1.807) is 0 Å². The fourth-order valence-corrected chi connectivity index (χ4v) is 4.80. The van der Waals surface area contributed by atoms with E-state index in [-0.39, 0.29) is 0 Å². The lowest BCUT2D eigenvalue weighted by atomic mass is 9.68. The molecular formula is C23H29N. The van der Waals surface area contributed by atoms with Crippen molar-refractivity contribution in [3.05, 3.63) is 60.2 Å². The third kappa shape index (κ3) is 4.18. The average Bonchev–Trinajstić information content (AvgIpc) is 2.67. The second-order valence-corrected chi connectivity index (χ2v) is 7.64. The third-order valence-electron chi connectivity index (χ3n) is 6.29. The predicted octanol–water partition coefficient (Wildman–Crippen LogP) is 6.38. The number of hydrogen-bond acceptors (Lipinski definition) is 1. The summed E-state index contributed by atoms with van der Waals surface area (Å²) in [5, 5.41) is 8.93. The van der Waals surface area contributed by atoms with E-state index in [1.165, 1.54) is 56.9 Å². The summed E-state index contributed by atoms with van der Waals surface area (Å²) in [6, 6.07) is 10.5. The fourth-order valence-electron chi connectivity index (χ4n) is 4.80. The first-order valence-electron chi connectivity index (χ1n) is 9.59. The zero-order valence-corrected chi connectivity index (χ0v) is 14.7. The van der Waals surface area contributed by atoms with Crippen LogP contribution in [0.4, 0.5) is 0 Å². The van der Waals surface area contributed by atoms with Crippen LogP contribution in [0, 0.1) is 29.1 Å². The second kappa shape index (κ2) is 8.34. The van der Waals surface area contributed by atoms with Gasteiger partial charge in [-0.1, -0.05) is 36.9 Å². The number of allylic oxidation sites excluding steroid dienone is 3. The maximum atomic E-state index is 8.93. The predicted molar refractivity (Wildman–Crippen MR) is 101 cm³/mol. The molecule has 0 heterocycles. The maximum absolute atomic E-state index is 8.93. The van der Waals surface area contributed by atoms with Crippen LogP contribution >= 0.6 is 0 Å². The monoisotopic (exact) mass is 319 g/mol. The van der Waals surface area contributed by atoms with Gasteiger partial charge in [-0.3, -0.25) is 0 Å². The Labute approximate surface area is 147 Å². The molecule has 2 aliphatic carbocycles. The van der Waals surface area contributed by atoms with Gasteiger partial charge in [-0.15, -0.1) is 0 Å². The molecule has 0 bridgehead atoms. The fraction of sp³-hybridized carbons (Fsp3) is 0.522. The maximum Gasteiger partial charge on any atom is 0.0991 e. The molecule has 1 aromatic carbocycles. The Morgan fingerprint density at radius 3 is 2.00 bits per heavy atom. The summed E-state index contributed by atoms with van der Waals surface area (Å²) in [6.07, 6.45) is 17.4. The summed E-state index contributed by atoms with van der Waals surface area (Å²) >= 11 is 0. The van der Waals surface area contributed by atoms with Gasteiger partial charge in [-0.05, 0) is 92.7 Å². The first-order chi connectivity index (χ1) is 11.8. The number of rotatable bonds is 4. The van der Waals surface area contributed by atoms with Crippen molar-refractivity contribution in [2.45, 2.75) is 57.3 Å². The van der Waals surface area contributed by atoms with Gasteiger partial charge in [-0.2, -0.15) is 5.26 Å². The van der Waals surface area contributed by atoms with Gasteiger partial charge >= 0.3 is 0 Å². The van der Waals surface area contributed by atoms with Crippen molar-refractivity contribution in [3.63, 3.8) is 0 Å². The normalized spacial score (nSPS) is 30.8. The molecule has 2 aliphatic rings. The van der Waals surface area contributed by atoms with Crippen LogP contribution in [0.1, 0.15) is 68.4 Å². The van der Waals surface area contributed by atoms with Gasteiger partial charge in [0.1, 0.15) is 0 Å². The molecule has 3 rings (SSSR count). The molecule has 0 atom stereocenters. The number of benzene rings is 1. The highest BCUT2D eigenvalue weighted by atomic mass is 14.4. The smallest absolute Gasteiger partial charge is 0.0991 e. The topological polar surface area (TPSA) is 23.8 Å². The lowest BCUT2D eigenvalue weighted by Crippen LogP contribution is -2.25. The Kier molecular flexibility index (Phi) is 5.91. The summed E-state index contributed by atoms with van der Waals surface area (Å²) < 4.78 is 0. The molecule has 0 aromatic heterocycles. The molecular weight excluding hydrogens is 290 g/mol. The molecule has 1 nitrogen and oxygen atoms in total. The van der Waals surface area contributed by atoms with E-state index in [0.717, 1.165) is 23.3 Å². The van der Waals surface area contributed by atoms with Crippen molar-refractivity contribution in [1.29, 1.82) is 5.26 Å². The second-order valence-electron chi connectivity index (χ2n) is 7.64. The van der Waals surface area contributed by atoms with Gasteiger partial charge in [0.25, 0.3) is 0 Å². The van der Waals surface area contributed by atoms with Crippen molar-refractivity contribution in [3.8, 4) is 6.07 Å². The van der Waals surface area contributed by atoms with Gasteiger partial charge in [0, 0.05) is 0 Å². The molecule has 1 heteroatoms. The highest BCUT2D eigenvalue weighted by Gasteiger charge is 2.30. The van der Waals surface area contributed by atoms with Crippen LogP contribution in [0.5, 0.6) is 0 Å². The molecule has 0 radical (unpaired) electrons. The lowest BCUT2D eigenvalue weighted by molar-refractivity contribution is 0.171. The van der Waals surface area contributed by atoms with Crippen LogP contribution in [-0.2, 0) is 0 Å². The minimum Gasteiger partial charge on any atom is -0.192 e. The van der Waals surface area contributed by atoms with Gasteiger partial charge in [0.05, 0.1) is 11.6 Å². The van der Waals surface area contributed by atoms with Crippen molar-refractivity contribution >= 4 is 0 Å². The van der Waals surface area contributed by atoms with E-state index >= 15 is 0 Å². The first-order valence-corrected chi connectivity index (χ1v) is 9.59. The summed E-state index contributed by atoms with van der Waals surface area (Å²) in [5.74, 6) is 3.40. The molecule has 126 valence electrons. The van der Waals surface area contributed by atoms with Gasteiger partial charge in [-0.25, -0.2) is 0 Å². The Bertz CT molecular complexity index is 588. The van der Waals surface area contributed by atoms with Crippen molar-refractivity contribution in [2.24, 2.45) is 17.8 Å². The summed E-state index contributed by atoms with van der Waals surface area (Å²) in [6.45, 7) is 3.77. The Balaban J connectivity index is 1.48. The van der Waals surface area contributed by atoms with Crippen LogP contribution < -0.4 is 0 Å². The van der Waals surface area contributed by atoms with E-state index in [4.69, 9.17) is 5.26 Å². The largest absolute Gasteiger partial charge is 0.192 e. The van der Waals surface area contributed by atoms with Crippen molar-refractivity contribution < 1.29 is 0 Å². The highest BCUT2D eigenvalue weighted by molar-refractivity contribution is 5.33. The highest BCUT2D eigenvalue weighted by Crippen LogP contribution is 2.44. The zero-order chi connectivity index (χ0) is 16.8. The number of nitrogens with zero attached hydrogens (tertiary/aromatic N) is 1. The SMILES string of the molecule is C=C/C=C/C1CCC(C2CCC(c3ccc(C#N)cc3)CC2)CC1. The van der Waals surface area contributed by atoms with Crippen molar-refractivity contribution in [1.82, 2.24) is 0 Å². The first kappa shape index (κ1) is 17.0. The Morgan fingerprint density at radius 2 is 1.46 bits per heavy atom. The van der Waals surface area contributed by atoms with E-state index < -0.39 is 0 Å². The van der Waals surface area contributed by atoms with E-state index in [9.17, 15) is 0 Å². The van der Waals surface area contributed by atoms with Gasteiger partial charge in [0.2, 0.25) is 0 Å². The quantitative estimate of drug-likeness (QED) is 0.591. The molecule has 24 heavy (non-hydrogen) atoms. The molecule has 2 fully saturated rings. The summed E-state index contributed by atoms with van der Waals surface area (Å²) in [7, 11) is 0. The lowest BCUT2D eigenvalue weighted by Gasteiger charge is -2.37. The third-order valence-corrected chi connectivity index (χ3v) is 6.29. The molecule has 0 aliphatic heterocycles. The molecule has 1 aromatic rings. The van der Waals surface area contributed by atoms with Gasteiger partial charge in [0.15, 0.2) is 0 Å². The Morgan fingerprint density at radius 1 is 0.875 bits per heavy atom. The molecule has 0 spiro atoms. The summed E-state index contributed by atoms with van der Waals surface area (Å²) in [5.41, 5.74) is 2.21. The minimum absolute atomic E-state index is 0.709. The van der Waals surface area contributed by atoms with Crippen LogP contribution in [0.15, 0.2) is 49.1 Å². The van der Waals surface area contributed by atoms with Crippen LogP contribution in [0.25, 0.3) is 0 Å². The van der Waals surface area contributed by atoms with Crippen LogP contribution in [-0.4, -0.2) is 0 Å². The van der Waals surface area contributed by atoms with Gasteiger partial charge < -0.3 is 0 Å². The van der Waals surface area contributed by atoms with E-state index in [2.05, 4.69) is 36.9 Å². The molecule has 0 amide bonds. The number of nitriles is 1.